The second-order valence-electron chi connectivity index (χ2n) is 6.53. The molecule has 0 spiro atoms. The van der Waals surface area contributed by atoms with E-state index in [1.54, 1.807) is 6.26 Å². The summed E-state index contributed by atoms with van der Waals surface area (Å²) in [7, 11) is 0. The number of oxazole rings is 1. The lowest BCUT2D eigenvalue weighted by Gasteiger charge is -2.46. The Kier molecular flexibility index (Phi) is 2.91. The predicted octanol–water partition coefficient (Wildman–Crippen LogP) is 2.61. The Hall–Kier alpha value is -1.65. The van der Waals surface area contributed by atoms with Crippen molar-refractivity contribution in [3.8, 4) is 11.5 Å². The number of likely N-dealkylation sites (tertiary alicyclic amines) is 1. The summed E-state index contributed by atoms with van der Waals surface area (Å²) in [5.74, 6) is 1.21. The first kappa shape index (κ1) is 13.0. The van der Waals surface area contributed by atoms with Crippen LogP contribution in [0.5, 0.6) is 0 Å². The summed E-state index contributed by atoms with van der Waals surface area (Å²) in [5.41, 5.74) is 2.74. The van der Waals surface area contributed by atoms with Crippen molar-refractivity contribution < 1.29 is 9.52 Å². The summed E-state index contributed by atoms with van der Waals surface area (Å²) < 4.78 is 5.57. The molecule has 1 saturated heterocycles. The topological polar surface area (TPSA) is 49.5 Å². The number of hydrogen-bond acceptors (Lipinski definition) is 4. The van der Waals surface area contributed by atoms with Gasteiger partial charge in [-0.1, -0.05) is 17.7 Å². The Morgan fingerprint density at radius 3 is 2.67 bits per heavy atom. The molecule has 1 aromatic carbocycles. The molecule has 4 heteroatoms. The van der Waals surface area contributed by atoms with Crippen LogP contribution in [0.4, 0.5) is 0 Å². The molecule has 0 atom stereocenters. The minimum atomic E-state index is -0.427. The van der Waals surface area contributed by atoms with Crippen molar-refractivity contribution >= 4 is 0 Å². The third-order valence-electron chi connectivity index (χ3n) is 4.57. The van der Waals surface area contributed by atoms with E-state index in [1.807, 2.05) is 12.1 Å². The van der Waals surface area contributed by atoms with Crippen molar-refractivity contribution in [3.63, 3.8) is 0 Å². The maximum atomic E-state index is 10.3. The van der Waals surface area contributed by atoms with Crippen LogP contribution < -0.4 is 0 Å². The van der Waals surface area contributed by atoms with Crippen LogP contribution in [0, 0.1) is 12.8 Å². The van der Waals surface area contributed by atoms with Crippen molar-refractivity contribution in [1.82, 2.24) is 9.88 Å². The second-order valence-corrected chi connectivity index (χ2v) is 6.53. The van der Waals surface area contributed by atoms with Gasteiger partial charge in [0.1, 0.15) is 6.26 Å². The summed E-state index contributed by atoms with van der Waals surface area (Å²) in [4.78, 5) is 6.78. The largest absolute Gasteiger partial charge is 0.444 e. The van der Waals surface area contributed by atoms with Crippen LogP contribution in [0.3, 0.4) is 0 Å². The number of aryl methyl sites for hydroxylation is 1. The maximum Gasteiger partial charge on any atom is 0.226 e. The molecule has 2 aromatic rings. The molecule has 0 unspecified atom stereocenters. The highest BCUT2D eigenvalue weighted by Gasteiger charge is 2.51. The van der Waals surface area contributed by atoms with Crippen LogP contribution in [0.2, 0.25) is 0 Å². The second kappa shape index (κ2) is 4.68. The van der Waals surface area contributed by atoms with Crippen molar-refractivity contribution in [2.24, 2.45) is 5.92 Å². The average molecular weight is 284 g/mol. The quantitative estimate of drug-likeness (QED) is 0.937. The fourth-order valence-electron chi connectivity index (χ4n) is 3.16. The van der Waals surface area contributed by atoms with Gasteiger partial charge in [-0.25, -0.2) is 4.98 Å². The van der Waals surface area contributed by atoms with Gasteiger partial charge in [0.25, 0.3) is 0 Å². The van der Waals surface area contributed by atoms with Crippen molar-refractivity contribution in [1.29, 1.82) is 0 Å². The van der Waals surface area contributed by atoms with Crippen molar-refractivity contribution in [2.75, 3.05) is 13.1 Å². The summed E-state index contributed by atoms with van der Waals surface area (Å²) in [6.07, 6.45) is 4.10. The third kappa shape index (κ3) is 2.49. The standard InChI is InChI=1S/C17H20N2O2/c1-12-2-4-13(5-3-12)16-18-15(9-21-16)8-19-10-17(20,11-19)14-6-7-14/h2-5,9,14,20H,6-8,10-11H2,1H3. The highest BCUT2D eigenvalue weighted by atomic mass is 16.3. The van der Waals surface area contributed by atoms with Crippen LogP contribution >= 0.6 is 0 Å². The van der Waals surface area contributed by atoms with Crippen LogP contribution in [0.15, 0.2) is 34.9 Å². The average Bonchev–Trinajstić information content (AvgIpc) is 3.19. The van der Waals surface area contributed by atoms with Crippen LogP contribution in [-0.4, -0.2) is 33.7 Å². The molecule has 1 saturated carbocycles. The first-order valence-electron chi connectivity index (χ1n) is 7.59. The molecule has 0 amide bonds. The van der Waals surface area contributed by atoms with Crippen LogP contribution in [0.25, 0.3) is 11.5 Å². The van der Waals surface area contributed by atoms with Gasteiger partial charge in [-0.3, -0.25) is 4.90 Å². The number of rotatable bonds is 4. The van der Waals surface area contributed by atoms with Gasteiger partial charge in [0.05, 0.1) is 11.3 Å². The molecule has 2 heterocycles. The van der Waals surface area contributed by atoms with Gasteiger partial charge in [-0.2, -0.15) is 0 Å². The number of hydrogen-bond donors (Lipinski definition) is 1. The summed E-state index contributed by atoms with van der Waals surface area (Å²) in [6, 6.07) is 8.18. The summed E-state index contributed by atoms with van der Waals surface area (Å²) >= 11 is 0. The van der Waals surface area contributed by atoms with Gasteiger partial charge < -0.3 is 9.52 Å². The van der Waals surface area contributed by atoms with Gasteiger partial charge in [0.15, 0.2) is 0 Å². The first-order chi connectivity index (χ1) is 10.1. The highest BCUT2D eigenvalue weighted by Crippen LogP contribution is 2.44. The van der Waals surface area contributed by atoms with E-state index in [9.17, 15) is 5.11 Å². The first-order valence-corrected chi connectivity index (χ1v) is 7.59. The monoisotopic (exact) mass is 284 g/mol. The lowest BCUT2D eigenvalue weighted by atomic mass is 9.89. The van der Waals surface area contributed by atoms with E-state index in [1.165, 1.54) is 18.4 Å². The Labute approximate surface area is 124 Å². The van der Waals surface area contributed by atoms with Gasteiger partial charge >= 0.3 is 0 Å². The van der Waals surface area contributed by atoms with E-state index in [4.69, 9.17) is 4.42 Å². The molecule has 2 aliphatic rings. The molecule has 4 rings (SSSR count). The zero-order valence-corrected chi connectivity index (χ0v) is 12.2. The smallest absolute Gasteiger partial charge is 0.226 e. The molecule has 2 fully saturated rings. The maximum absolute atomic E-state index is 10.3. The summed E-state index contributed by atoms with van der Waals surface area (Å²) in [6.45, 7) is 4.36. The molecule has 1 aromatic heterocycles. The molecule has 1 N–H and O–H groups in total. The highest BCUT2D eigenvalue weighted by molar-refractivity contribution is 5.53. The zero-order chi connectivity index (χ0) is 14.4. The van der Waals surface area contributed by atoms with E-state index < -0.39 is 5.60 Å². The van der Waals surface area contributed by atoms with E-state index >= 15 is 0 Å². The number of nitrogens with zero attached hydrogens (tertiary/aromatic N) is 2. The molecular weight excluding hydrogens is 264 g/mol. The predicted molar refractivity (Wildman–Crippen MR) is 79.6 cm³/mol. The van der Waals surface area contributed by atoms with E-state index in [0.29, 0.717) is 11.8 Å². The molecule has 4 nitrogen and oxygen atoms in total. The number of aromatic nitrogens is 1. The lowest BCUT2D eigenvalue weighted by Crippen LogP contribution is -2.62. The fraction of sp³-hybridized carbons (Fsp3) is 0.471. The Bertz CT molecular complexity index is 637. The third-order valence-corrected chi connectivity index (χ3v) is 4.57. The number of β-amino-alcohol motifs (C(OH)–C–C–N with tert-alkyl or cyclic N) is 1. The van der Waals surface area contributed by atoms with Gasteiger partial charge in [-0.15, -0.1) is 0 Å². The molecule has 0 bridgehead atoms. The van der Waals surface area contributed by atoms with Crippen LogP contribution in [0.1, 0.15) is 24.1 Å². The van der Waals surface area contributed by atoms with Crippen molar-refractivity contribution in [2.45, 2.75) is 31.9 Å². The number of benzene rings is 1. The zero-order valence-electron chi connectivity index (χ0n) is 12.2. The molecular formula is C17H20N2O2. The minimum Gasteiger partial charge on any atom is -0.444 e. The Balaban J connectivity index is 1.40. The molecule has 110 valence electrons. The van der Waals surface area contributed by atoms with Gasteiger partial charge in [0, 0.05) is 25.2 Å². The number of aliphatic hydroxyl groups is 1. The fourth-order valence-corrected chi connectivity index (χ4v) is 3.16. The van der Waals surface area contributed by atoms with E-state index in [2.05, 4.69) is 28.9 Å². The molecule has 1 aliphatic heterocycles. The Morgan fingerprint density at radius 1 is 1.29 bits per heavy atom. The molecule has 1 aliphatic carbocycles. The molecule has 0 radical (unpaired) electrons. The van der Waals surface area contributed by atoms with Gasteiger partial charge in [0.2, 0.25) is 5.89 Å². The van der Waals surface area contributed by atoms with E-state index in [0.717, 1.165) is 30.9 Å². The van der Waals surface area contributed by atoms with Crippen molar-refractivity contribution in [3.05, 3.63) is 41.8 Å². The molecule has 21 heavy (non-hydrogen) atoms. The van der Waals surface area contributed by atoms with E-state index in [-0.39, 0.29) is 0 Å². The minimum absolute atomic E-state index is 0.427. The summed E-state index contributed by atoms with van der Waals surface area (Å²) in [5, 5.41) is 10.3. The van der Waals surface area contributed by atoms with Gasteiger partial charge in [-0.05, 0) is 37.8 Å². The normalized spacial score (nSPS) is 21.2. The Morgan fingerprint density at radius 2 is 2.00 bits per heavy atom. The van der Waals surface area contributed by atoms with Crippen LogP contribution in [-0.2, 0) is 6.54 Å². The lowest BCUT2D eigenvalue weighted by molar-refractivity contribution is -0.117. The SMILES string of the molecule is Cc1ccc(-c2nc(CN3CC(O)(C4CC4)C3)co2)cc1.